The molecule has 0 aromatic heterocycles. The molecular weight excluding hydrogens is 460 g/mol. The number of hydrogen-bond acceptors (Lipinski definition) is 6. The zero-order valence-corrected chi connectivity index (χ0v) is 21.6. The number of carbonyl (C=O) groups is 3. The number of nitrogens with zero attached hydrogens (tertiary/aromatic N) is 3. The molecule has 4 rings (SSSR count). The summed E-state index contributed by atoms with van der Waals surface area (Å²) in [6.07, 6.45) is 6.51. The summed E-state index contributed by atoms with van der Waals surface area (Å²) in [5, 5.41) is 2.73. The number of imide groups is 1. The molecule has 0 radical (unpaired) electrons. The number of carbonyl (C=O) groups excluding carboxylic acids is 3. The van der Waals surface area contributed by atoms with E-state index in [4.69, 9.17) is 9.47 Å². The molecule has 1 aromatic rings. The topological polar surface area (TPSA) is 91.4 Å². The first-order chi connectivity index (χ1) is 17.5. The Hall–Kier alpha value is -2.65. The van der Waals surface area contributed by atoms with Gasteiger partial charge in [0, 0.05) is 32.8 Å². The fourth-order valence-electron chi connectivity index (χ4n) is 5.86. The van der Waals surface area contributed by atoms with Gasteiger partial charge in [0.25, 0.3) is 5.91 Å². The molecule has 3 atom stereocenters. The van der Waals surface area contributed by atoms with Crippen molar-refractivity contribution < 1.29 is 23.9 Å². The average Bonchev–Trinajstić information content (AvgIpc) is 3.17. The number of hydrogen-bond donors (Lipinski definition) is 1. The van der Waals surface area contributed by atoms with Gasteiger partial charge in [-0.15, -0.1) is 0 Å². The highest BCUT2D eigenvalue weighted by Crippen LogP contribution is 2.31. The van der Waals surface area contributed by atoms with E-state index in [0.29, 0.717) is 38.1 Å². The van der Waals surface area contributed by atoms with Crippen molar-refractivity contribution in [2.45, 2.75) is 57.0 Å². The van der Waals surface area contributed by atoms with Crippen LogP contribution in [0, 0.1) is 5.92 Å². The molecule has 4 amide bonds. The van der Waals surface area contributed by atoms with Crippen LogP contribution in [-0.4, -0.2) is 98.2 Å². The van der Waals surface area contributed by atoms with E-state index in [0.717, 1.165) is 37.2 Å². The molecule has 9 nitrogen and oxygen atoms in total. The summed E-state index contributed by atoms with van der Waals surface area (Å²) < 4.78 is 10.5. The summed E-state index contributed by atoms with van der Waals surface area (Å²) in [5.41, 5.74) is 1.01. The van der Waals surface area contributed by atoms with Gasteiger partial charge in [0.2, 0.25) is 5.91 Å². The maximum absolute atomic E-state index is 13.4. The van der Waals surface area contributed by atoms with Gasteiger partial charge < -0.3 is 24.6 Å². The van der Waals surface area contributed by atoms with E-state index < -0.39 is 12.1 Å². The minimum absolute atomic E-state index is 0.0194. The molecule has 0 unspecified atom stereocenters. The minimum atomic E-state index is -0.816. The van der Waals surface area contributed by atoms with Gasteiger partial charge in [-0.25, -0.2) is 4.79 Å². The van der Waals surface area contributed by atoms with Crippen LogP contribution in [0.1, 0.15) is 44.1 Å². The largest absolute Gasteiger partial charge is 0.497 e. The predicted octanol–water partition coefficient (Wildman–Crippen LogP) is 2.29. The van der Waals surface area contributed by atoms with Gasteiger partial charge in [-0.2, -0.15) is 0 Å². The Labute approximate surface area is 214 Å². The van der Waals surface area contributed by atoms with Crippen LogP contribution in [0.3, 0.4) is 0 Å². The third-order valence-electron chi connectivity index (χ3n) is 7.87. The summed E-state index contributed by atoms with van der Waals surface area (Å²) >= 11 is 0. The smallest absolute Gasteiger partial charge is 0.324 e. The van der Waals surface area contributed by atoms with Crippen LogP contribution in [0.2, 0.25) is 0 Å². The number of nitrogens with one attached hydrogen (secondary N) is 1. The van der Waals surface area contributed by atoms with Gasteiger partial charge in [0.05, 0.1) is 20.1 Å². The first-order valence-corrected chi connectivity index (χ1v) is 13.3. The highest BCUT2D eigenvalue weighted by atomic mass is 16.5. The molecule has 36 heavy (non-hydrogen) atoms. The van der Waals surface area contributed by atoms with Crippen LogP contribution in [0.4, 0.5) is 4.79 Å². The van der Waals surface area contributed by atoms with E-state index in [1.54, 1.807) is 14.2 Å². The van der Waals surface area contributed by atoms with Crippen molar-refractivity contribution in [1.29, 1.82) is 0 Å². The summed E-state index contributed by atoms with van der Waals surface area (Å²) in [6.45, 7) is 4.21. The quantitative estimate of drug-likeness (QED) is 0.469. The highest BCUT2D eigenvalue weighted by molar-refractivity contribution is 6.05. The molecule has 0 aliphatic carbocycles. The molecular formula is C27H40N4O5. The third-order valence-corrected chi connectivity index (χ3v) is 7.87. The molecule has 0 saturated carbocycles. The van der Waals surface area contributed by atoms with Crippen molar-refractivity contribution in [3.8, 4) is 5.75 Å². The van der Waals surface area contributed by atoms with E-state index in [9.17, 15) is 14.4 Å². The molecule has 1 aromatic carbocycles. The molecule has 3 aliphatic heterocycles. The summed E-state index contributed by atoms with van der Waals surface area (Å²) in [4.78, 5) is 44.6. The van der Waals surface area contributed by atoms with Crippen molar-refractivity contribution >= 4 is 17.8 Å². The van der Waals surface area contributed by atoms with Crippen molar-refractivity contribution in [2.75, 3.05) is 53.6 Å². The van der Waals surface area contributed by atoms with Gasteiger partial charge >= 0.3 is 6.03 Å². The second-order valence-electron chi connectivity index (χ2n) is 10.1. The zero-order valence-electron chi connectivity index (χ0n) is 21.6. The van der Waals surface area contributed by atoms with Crippen LogP contribution in [0.15, 0.2) is 24.3 Å². The molecule has 3 aliphatic rings. The van der Waals surface area contributed by atoms with Crippen LogP contribution < -0.4 is 10.1 Å². The number of urea groups is 1. The van der Waals surface area contributed by atoms with Crippen LogP contribution >= 0.6 is 0 Å². The van der Waals surface area contributed by atoms with Gasteiger partial charge in [-0.1, -0.05) is 18.6 Å². The van der Waals surface area contributed by atoms with E-state index in [2.05, 4.69) is 10.2 Å². The third kappa shape index (κ3) is 6.37. The van der Waals surface area contributed by atoms with Gasteiger partial charge in [-0.3, -0.25) is 14.5 Å². The Morgan fingerprint density at radius 2 is 1.86 bits per heavy atom. The molecule has 3 fully saturated rings. The normalized spacial score (nSPS) is 24.4. The molecule has 0 bridgehead atoms. The number of rotatable bonds is 11. The van der Waals surface area contributed by atoms with Crippen molar-refractivity contribution in [1.82, 2.24) is 20.0 Å². The van der Waals surface area contributed by atoms with Crippen molar-refractivity contribution in [3.63, 3.8) is 0 Å². The lowest BCUT2D eigenvalue weighted by Gasteiger charge is -2.45. The second kappa shape index (κ2) is 12.5. The maximum atomic E-state index is 13.4. The van der Waals surface area contributed by atoms with E-state index in [1.807, 2.05) is 29.2 Å². The second-order valence-corrected chi connectivity index (χ2v) is 10.1. The zero-order chi connectivity index (χ0) is 25.5. The van der Waals surface area contributed by atoms with Crippen LogP contribution in [-0.2, 0) is 20.7 Å². The van der Waals surface area contributed by atoms with Crippen LogP contribution in [0.25, 0.3) is 0 Å². The lowest BCUT2D eigenvalue weighted by Crippen LogP contribution is -2.52. The number of ether oxygens (including phenoxy) is 2. The maximum Gasteiger partial charge on any atom is 0.324 e. The van der Waals surface area contributed by atoms with Gasteiger partial charge in [0.1, 0.15) is 11.8 Å². The van der Waals surface area contributed by atoms with E-state index in [1.165, 1.54) is 24.2 Å². The van der Waals surface area contributed by atoms with Gasteiger partial charge in [-0.05, 0) is 68.8 Å². The molecule has 3 saturated heterocycles. The number of piperidine rings is 2. The monoisotopic (exact) mass is 500 g/mol. The van der Waals surface area contributed by atoms with Gasteiger partial charge in [0.15, 0.2) is 0 Å². The van der Waals surface area contributed by atoms with E-state index in [-0.39, 0.29) is 24.8 Å². The number of methoxy groups -OCH3 is 2. The van der Waals surface area contributed by atoms with E-state index >= 15 is 0 Å². The Balaban J connectivity index is 1.34. The molecule has 0 spiro atoms. The standard InChI is InChI=1S/C27H40N4O5/c1-35-17-16-30(19-21-6-5-14-29-13-4-3-7-24(21)29)25(32)18-23-26(33)31(27(34)28-23)15-12-20-8-10-22(36-2)11-9-20/h8-11,21,23-24H,3-7,12-19H2,1-2H3,(H,28,34)/t21-,23+,24-/m0/s1. The van der Waals surface area contributed by atoms with Crippen LogP contribution in [0.5, 0.6) is 5.75 Å². The fraction of sp³-hybridized carbons (Fsp3) is 0.667. The Bertz CT molecular complexity index is 906. The van der Waals surface area contributed by atoms with Crippen molar-refractivity contribution in [2.24, 2.45) is 5.92 Å². The highest BCUT2D eigenvalue weighted by Gasteiger charge is 2.40. The van der Waals surface area contributed by atoms with Crippen molar-refractivity contribution in [3.05, 3.63) is 29.8 Å². The number of fused-ring (bicyclic) bond motifs is 1. The lowest BCUT2D eigenvalue weighted by atomic mass is 9.83. The summed E-state index contributed by atoms with van der Waals surface area (Å²) in [7, 11) is 3.24. The minimum Gasteiger partial charge on any atom is -0.497 e. The Kier molecular flexibility index (Phi) is 9.20. The Morgan fingerprint density at radius 1 is 1.08 bits per heavy atom. The molecule has 198 valence electrons. The number of benzene rings is 1. The molecule has 1 N–H and O–H groups in total. The summed E-state index contributed by atoms with van der Waals surface area (Å²) in [5.74, 6) is 0.768. The lowest BCUT2D eigenvalue weighted by molar-refractivity contribution is -0.137. The predicted molar refractivity (Wildman–Crippen MR) is 136 cm³/mol. The number of amides is 4. The summed E-state index contributed by atoms with van der Waals surface area (Å²) in [6, 6.07) is 6.84. The fourth-order valence-corrected chi connectivity index (χ4v) is 5.86. The average molecular weight is 501 g/mol. The first-order valence-electron chi connectivity index (χ1n) is 13.3. The molecule has 9 heteroatoms. The SMILES string of the molecule is COCCN(C[C@@H]1CCCN2CCCC[C@@H]12)C(=O)C[C@H]1NC(=O)N(CCc2ccc(OC)cc2)C1=O. The molecule has 3 heterocycles. The first kappa shape index (κ1) is 26.4. The Morgan fingerprint density at radius 3 is 2.61 bits per heavy atom.